The Kier molecular flexibility index (Phi) is 5.98. The lowest BCUT2D eigenvalue weighted by Gasteiger charge is -2.07. The third kappa shape index (κ3) is 4.75. The normalized spacial score (nSPS) is 10.6. The van der Waals surface area contributed by atoms with Crippen molar-refractivity contribution >= 4 is 5.91 Å². The fraction of sp³-hybridized carbons (Fsp3) is 0.174. The van der Waals surface area contributed by atoms with Crippen LogP contribution in [0.5, 0.6) is 11.5 Å². The second kappa shape index (κ2) is 9.17. The Morgan fingerprint density at radius 3 is 2.58 bits per heavy atom. The Morgan fingerprint density at radius 2 is 1.87 bits per heavy atom. The van der Waals surface area contributed by atoms with Crippen LogP contribution in [0.3, 0.4) is 0 Å². The molecule has 4 aromatic rings. The van der Waals surface area contributed by atoms with E-state index in [4.69, 9.17) is 14.0 Å². The lowest BCUT2D eigenvalue weighted by atomic mass is 10.1. The summed E-state index contributed by atoms with van der Waals surface area (Å²) in [7, 11) is 3.14. The average Bonchev–Trinajstić information content (AvgIpc) is 3.50. The number of carbonyl (C=O) groups is 1. The SMILES string of the molecule is COc1ccc(OC)c(-c2cc(C(=O)NCc3ccc(Cn4cccn4)cc3)no2)c1. The van der Waals surface area contributed by atoms with E-state index in [0.29, 0.717) is 35.9 Å². The van der Waals surface area contributed by atoms with E-state index in [-0.39, 0.29) is 11.6 Å². The summed E-state index contributed by atoms with van der Waals surface area (Å²) in [6, 6.07) is 16.8. The van der Waals surface area contributed by atoms with Crippen LogP contribution < -0.4 is 14.8 Å². The van der Waals surface area contributed by atoms with Crippen molar-refractivity contribution in [3.8, 4) is 22.8 Å². The summed E-state index contributed by atoms with van der Waals surface area (Å²) in [6.07, 6.45) is 3.67. The third-order valence-corrected chi connectivity index (χ3v) is 4.79. The quantitative estimate of drug-likeness (QED) is 0.471. The average molecular weight is 418 g/mol. The molecular weight excluding hydrogens is 396 g/mol. The Morgan fingerprint density at radius 1 is 1.06 bits per heavy atom. The Bertz CT molecular complexity index is 1150. The first-order chi connectivity index (χ1) is 15.2. The molecule has 1 N–H and O–H groups in total. The van der Waals surface area contributed by atoms with Crippen LogP contribution in [0, 0.1) is 0 Å². The number of methoxy groups -OCH3 is 2. The standard InChI is InChI=1S/C23H22N4O4/c1-29-18-8-9-21(30-2)19(12-18)22-13-20(26-31-22)23(28)24-14-16-4-6-17(7-5-16)15-27-11-3-10-25-27/h3-13H,14-15H2,1-2H3,(H,24,28). The van der Waals surface area contributed by atoms with Gasteiger partial charge in [0.2, 0.25) is 0 Å². The highest BCUT2D eigenvalue weighted by Crippen LogP contribution is 2.33. The predicted octanol–water partition coefficient (Wildman–Crippen LogP) is 3.53. The molecule has 0 bridgehead atoms. The zero-order chi connectivity index (χ0) is 21.6. The lowest BCUT2D eigenvalue weighted by molar-refractivity contribution is 0.0942. The van der Waals surface area contributed by atoms with Crippen molar-refractivity contribution in [3.05, 3.63) is 83.8 Å². The minimum absolute atomic E-state index is 0.190. The number of ether oxygens (including phenoxy) is 2. The summed E-state index contributed by atoms with van der Waals surface area (Å²) < 4.78 is 17.9. The van der Waals surface area contributed by atoms with Gasteiger partial charge in [0.05, 0.1) is 26.3 Å². The first kappa shape index (κ1) is 20.2. The number of carbonyl (C=O) groups excluding carboxylic acids is 1. The van der Waals surface area contributed by atoms with Crippen molar-refractivity contribution in [1.29, 1.82) is 0 Å². The van der Waals surface area contributed by atoms with Crippen LogP contribution in [0.2, 0.25) is 0 Å². The largest absolute Gasteiger partial charge is 0.497 e. The molecule has 1 amide bonds. The van der Waals surface area contributed by atoms with Gasteiger partial charge in [0, 0.05) is 25.0 Å². The molecule has 0 atom stereocenters. The van der Waals surface area contributed by atoms with Crippen LogP contribution in [-0.4, -0.2) is 35.1 Å². The maximum atomic E-state index is 12.5. The first-order valence-corrected chi connectivity index (χ1v) is 9.69. The van der Waals surface area contributed by atoms with E-state index in [1.54, 1.807) is 44.7 Å². The molecule has 0 unspecified atom stereocenters. The molecule has 8 nitrogen and oxygen atoms in total. The van der Waals surface area contributed by atoms with Gasteiger partial charge in [-0.05, 0) is 35.4 Å². The Balaban J connectivity index is 1.39. The molecule has 158 valence electrons. The van der Waals surface area contributed by atoms with Crippen LogP contribution in [0.4, 0.5) is 0 Å². The highest BCUT2D eigenvalue weighted by molar-refractivity contribution is 5.93. The summed E-state index contributed by atoms with van der Waals surface area (Å²) in [5, 5.41) is 11.0. The lowest BCUT2D eigenvalue weighted by Crippen LogP contribution is -2.23. The molecule has 0 saturated heterocycles. The maximum absolute atomic E-state index is 12.5. The molecule has 4 rings (SSSR count). The molecule has 31 heavy (non-hydrogen) atoms. The Labute approximate surface area is 179 Å². The number of nitrogens with zero attached hydrogens (tertiary/aromatic N) is 3. The fourth-order valence-electron chi connectivity index (χ4n) is 3.13. The van der Waals surface area contributed by atoms with E-state index < -0.39 is 0 Å². The molecule has 0 spiro atoms. The van der Waals surface area contributed by atoms with Crippen molar-refractivity contribution in [2.24, 2.45) is 0 Å². The van der Waals surface area contributed by atoms with Crippen LogP contribution in [-0.2, 0) is 13.1 Å². The number of aromatic nitrogens is 3. The van der Waals surface area contributed by atoms with E-state index >= 15 is 0 Å². The molecular formula is C23H22N4O4. The predicted molar refractivity (Wildman–Crippen MR) is 114 cm³/mol. The van der Waals surface area contributed by atoms with Gasteiger partial charge in [-0.3, -0.25) is 9.48 Å². The summed E-state index contributed by atoms with van der Waals surface area (Å²) in [6.45, 7) is 1.08. The highest BCUT2D eigenvalue weighted by Gasteiger charge is 2.17. The molecule has 0 saturated carbocycles. The van der Waals surface area contributed by atoms with E-state index in [2.05, 4.69) is 15.6 Å². The summed E-state index contributed by atoms with van der Waals surface area (Å²) >= 11 is 0. The van der Waals surface area contributed by atoms with Gasteiger partial charge in [0.15, 0.2) is 11.5 Å². The van der Waals surface area contributed by atoms with Crippen molar-refractivity contribution in [1.82, 2.24) is 20.3 Å². The van der Waals surface area contributed by atoms with Crippen molar-refractivity contribution in [3.63, 3.8) is 0 Å². The zero-order valence-electron chi connectivity index (χ0n) is 17.2. The molecule has 8 heteroatoms. The van der Waals surface area contributed by atoms with Crippen molar-refractivity contribution in [2.75, 3.05) is 14.2 Å². The van der Waals surface area contributed by atoms with E-state index in [1.165, 1.54) is 0 Å². The van der Waals surface area contributed by atoms with Gasteiger partial charge in [-0.15, -0.1) is 0 Å². The molecule has 0 radical (unpaired) electrons. The molecule has 0 aliphatic heterocycles. The van der Waals surface area contributed by atoms with Crippen LogP contribution >= 0.6 is 0 Å². The summed E-state index contributed by atoms with van der Waals surface area (Å²) in [5.41, 5.74) is 2.96. The fourth-order valence-corrected chi connectivity index (χ4v) is 3.13. The number of amides is 1. The van der Waals surface area contributed by atoms with E-state index in [9.17, 15) is 4.79 Å². The number of hydrogen-bond acceptors (Lipinski definition) is 6. The number of nitrogens with one attached hydrogen (secondary N) is 1. The van der Waals surface area contributed by atoms with Crippen LogP contribution in [0.1, 0.15) is 21.6 Å². The van der Waals surface area contributed by atoms with Crippen LogP contribution in [0.15, 0.2) is 71.5 Å². The van der Waals surface area contributed by atoms with Crippen molar-refractivity contribution < 1.29 is 18.8 Å². The maximum Gasteiger partial charge on any atom is 0.273 e. The topological polar surface area (TPSA) is 91.4 Å². The van der Waals surface area contributed by atoms with Gasteiger partial charge in [0.25, 0.3) is 5.91 Å². The summed E-state index contributed by atoms with van der Waals surface area (Å²) in [5.74, 6) is 1.34. The second-order valence-electron chi connectivity index (χ2n) is 6.85. The third-order valence-electron chi connectivity index (χ3n) is 4.79. The van der Waals surface area contributed by atoms with Gasteiger partial charge in [-0.2, -0.15) is 5.10 Å². The number of hydrogen-bond donors (Lipinski definition) is 1. The monoisotopic (exact) mass is 418 g/mol. The molecule has 2 heterocycles. The first-order valence-electron chi connectivity index (χ1n) is 9.69. The highest BCUT2D eigenvalue weighted by atomic mass is 16.5. The van der Waals surface area contributed by atoms with Crippen LogP contribution in [0.25, 0.3) is 11.3 Å². The van der Waals surface area contributed by atoms with Crippen molar-refractivity contribution in [2.45, 2.75) is 13.1 Å². The molecule has 0 aliphatic carbocycles. The molecule has 0 fully saturated rings. The van der Waals surface area contributed by atoms with E-state index in [0.717, 1.165) is 11.1 Å². The van der Waals surface area contributed by atoms with Gasteiger partial charge in [0.1, 0.15) is 11.5 Å². The molecule has 2 aromatic carbocycles. The van der Waals surface area contributed by atoms with Gasteiger partial charge < -0.3 is 19.3 Å². The summed E-state index contributed by atoms with van der Waals surface area (Å²) in [4.78, 5) is 12.5. The van der Waals surface area contributed by atoms with E-state index in [1.807, 2.05) is 41.2 Å². The van der Waals surface area contributed by atoms with Gasteiger partial charge in [-0.25, -0.2) is 0 Å². The Hall–Kier alpha value is -4.07. The minimum Gasteiger partial charge on any atom is -0.497 e. The van der Waals surface area contributed by atoms with Gasteiger partial charge in [-0.1, -0.05) is 29.4 Å². The molecule has 0 aliphatic rings. The minimum atomic E-state index is -0.322. The smallest absolute Gasteiger partial charge is 0.273 e. The number of benzene rings is 2. The second-order valence-corrected chi connectivity index (χ2v) is 6.85. The van der Waals surface area contributed by atoms with Gasteiger partial charge >= 0.3 is 0 Å². The zero-order valence-corrected chi connectivity index (χ0v) is 17.2. The number of rotatable bonds is 8. The molecule has 2 aromatic heterocycles.